The minimum Gasteiger partial charge on any atom is -0.294 e. The average Bonchev–Trinajstić information content (AvgIpc) is 2.96. The first-order valence-corrected chi connectivity index (χ1v) is 9.64. The van der Waals surface area contributed by atoms with Crippen molar-refractivity contribution in [1.82, 2.24) is 14.3 Å². The number of nitrogens with zero attached hydrogens (tertiary/aromatic N) is 3. The number of thiazole rings is 1. The Kier molecular flexibility index (Phi) is 5.35. The lowest BCUT2D eigenvalue weighted by Gasteiger charge is -2.20. The van der Waals surface area contributed by atoms with Gasteiger partial charge in [0.05, 0.1) is 5.69 Å². The normalized spacial score (nSPS) is 11.8. The second-order valence-electron chi connectivity index (χ2n) is 6.78. The highest BCUT2D eigenvalue weighted by molar-refractivity contribution is 7.15. The Bertz CT molecular complexity index is 909. The van der Waals surface area contributed by atoms with E-state index in [1.807, 2.05) is 12.3 Å². The summed E-state index contributed by atoms with van der Waals surface area (Å²) in [6.07, 6.45) is 0. The molecule has 0 aliphatic heterocycles. The van der Waals surface area contributed by atoms with Gasteiger partial charge in [0, 0.05) is 30.2 Å². The highest BCUT2D eigenvalue weighted by Gasteiger charge is 2.10. The molecule has 0 amide bonds. The van der Waals surface area contributed by atoms with Gasteiger partial charge in [0.2, 0.25) is 0 Å². The summed E-state index contributed by atoms with van der Waals surface area (Å²) in [7, 11) is 0. The van der Waals surface area contributed by atoms with Gasteiger partial charge in [0.1, 0.15) is 0 Å². The molecule has 0 N–H and O–H groups in total. The van der Waals surface area contributed by atoms with Crippen LogP contribution in [0.25, 0.3) is 4.96 Å². The molecule has 0 aliphatic rings. The van der Waals surface area contributed by atoms with E-state index < -0.39 is 0 Å². The minimum absolute atomic E-state index is 0.0103. The van der Waals surface area contributed by atoms with E-state index in [1.165, 1.54) is 22.5 Å². The molecular weight excluding hydrogens is 330 g/mol. The van der Waals surface area contributed by atoms with Crippen LogP contribution in [0.4, 0.5) is 0 Å². The van der Waals surface area contributed by atoms with E-state index in [0.717, 1.165) is 29.4 Å². The van der Waals surface area contributed by atoms with Gasteiger partial charge < -0.3 is 0 Å². The van der Waals surface area contributed by atoms with Gasteiger partial charge in [-0.05, 0) is 30.5 Å². The molecule has 25 heavy (non-hydrogen) atoms. The predicted octanol–water partition coefficient (Wildman–Crippen LogP) is 4.21. The first-order chi connectivity index (χ1) is 12.0. The molecule has 0 saturated carbocycles. The fourth-order valence-corrected chi connectivity index (χ4v) is 3.85. The number of aromatic nitrogens is 2. The van der Waals surface area contributed by atoms with Crippen LogP contribution in [-0.4, -0.2) is 20.8 Å². The van der Waals surface area contributed by atoms with Crippen molar-refractivity contribution < 1.29 is 0 Å². The van der Waals surface area contributed by atoms with Crippen molar-refractivity contribution in [3.8, 4) is 0 Å². The maximum Gasteiger partial charge on any atom is 0.259 e. The molecule has 3 aromatic rings. The molecule has 0 radical (unpaired) electrons. The summed E-state index contributed by atoms with van der Waals surface area (Å²) in [5.41, 5.74) is 4.45. The second kappa shape index (κ2) is 7.50. The van der Waals surface area contributed by atoms with Crippen LogP contribution in [0.3, 0.4) is 0 Å². The van der Waals surface area contributed by atoms with E-state index in [-0.39, 0.29) is 5.56 Å². The lowest BCUT2D eigenvalue weighted by Crippen LogP contribution is -2.25. The molecule has 0 aliphatic carbocycles. The molecule has 3 rings (SSSR count). The van der Waals surface area contributed by atoms with Crippen molar-refractivity contribution in [1.29, 1.82) is 0 Å². The number of hydrogen-bond acceptors (Lipinski definition) is 4. The summed E-state index contributed by atoms with van der Waals surface area (Å²) in [5.74, 6) is 0.550. The maximum atomic E-state index is 12.3. The van der Waals surface area contributed by atoms with Crippen molar-refractivity contribution >= 4 is 16.3 Å². The Hall–Kier alpha value is -1.98. The fraction of sp³-hybridized carbons (Fsp3) is 0.400. The van der Waals surface area contributed by atoms with Crippen LogP contribution in [0.15, 0.2) is 40.5 Å². The molecule has 0 spiro atoms. The van der Waals surface area contributed by atoms with Gasteiger partial charge in [-0.1, -0.05) is 45.0 Å². The van der Waals surface area contributed by atoms with Crippen LogP contribution < -0.4 is 5.56 Å². The molecule has 4 nitrogen and oxygen atoms in total. The van der Waals surface area contributed by atoms with Crippen molar-refractivity contribution in [2.45, 2.75) is 46.7 Å². The highest BCUT2D eigenvalue weighted by atomic mass is 32.1. The van der Waals surface area contributed by atoms with Gasteiger partial charge >= 0.3 is 0 Å². The highest BCUT2D eigenvalue weighted by Crippen LogP contribution is 2.17. The molecule has 2 heterocycles. The van der Waals surface area contributed by atoms with E-state index in [1.54, 1.807) is 10.5 Å². The van der Waals surface area contributed by atoms with Gasteiger partial charge in [0.25, 0.3) is 5.56 Å². The van der Waals surface area contributed by atoms with Crippen molar-refractivity contribution in [2.75, 3.05) is 6.54 Å². The summed E-state index contributed by atoms with van der Waals surface area (Å²) in [6.45, 7) is 11.0. The Morgan fingerprint density at radius 3 is 2.56 bits per heavy atom. The zero-order valence-electron chi connectivity index (χ0n) is 15.3. The summed E-state index contributed by atoms with van der Waals surface area (Å²) < 4.78 is 1.68. The molecular formula is C20H25N3OS. The topological polar surface area (TPSA) is 37.6 Å². The second-order valence-corrected chi connectivity index (χ2v) is 7.62. The molecule has 0 saturated heterocycles. The molecule has 132 valence electrons. The van der Waals surface area contributed by atoms with Gasteiger partial charge in [-0.2, -0.15) is 0 Å². The molecule has 0 bridgehead atoms. The quantitative estimate of drug-likeness (QED) is 0.665. The monoisotopic (exact) mass is 355 g/mol. The van der Waals surface area contributed by atoms with E-state index in [9.17, 15) is 4.79 Å². The Labute approximate surface area is 152 Å². The van der Waals surface area contributed by atoms with E-state index >= 15 is 0 Å². The van der Waals surface area contributed by atoms with E-state index in [0.29, 0.717) is 12.5 Å². The third kappa shape index (κ3) is 3.99. The number of rotatable bonds is 6. The lowest BCUT2D eigenvalue weighted by molar-refractivity contribution is 0.268. The summed E-state index contributed by atoms with van der Waals surface area (Å²) in [4.78, 5) is 20.1. The van der Waals surface area contributed by atoms with Crippen LogP contribution in [0.5, 0.6) is 0 Å². The largest absolute Gasteiger partial charge is 0.294 e. The van der Waals surface area contributed by atoms with Crippen molar-refractivity contribution in [3.05, 3.63) is 68.6 Å². The standard InChI is InChI=1S/C20H25N3OS/c1-5-22(11-16-6-8-17(9-7-16)14(2)3)12-18-10-19(24)23-15(4)13-25-20(23)21-18/h6-10,13-14H,5,11-12H2,1-4H3. The zero-order chi connectivity index (χ0) is 18.0. The van der Waals surface area contributed by atoms with Crippen molar-refractivity contribution in [2.24, 2.45) is 0 Å². The molecule has 5 heteroatoms. The lowest BCUT2D eigenvalue weighted by atomic mass is 10.0. The summed E-state index contributed by atoms with van der Waals surface area (Å²) >= 11 is 1.52. The number of fused-ring (bicyclic) bond motifs is 1. The van der Waals surface area contributed by atoms with Gasteiger partial charge in [0.15, 0.2) is 4.96 Å². The number of hydrogen-bond donors (Lipinski definition) is 0. The van der Waals surface area contributed by atoms with Crippen LogP contribution >= 0.6 is 11.3 Å². The smallest absolute Gasteiger partial charge is 0.259 e. The van der Waals surface area contributed by atoms with Crippen LogP contribution in [-0.2, 0) is 13.1 Å². The predicted molar refractivity (Wildman–Crippen MR) is 104 cm³/mol. The third-order valence-electron chi connectivity index (χ3n) is 4.51. The first-order valence-electron chi connectivity index (χ1n) is 8.76. The van der Waals surface area contributed by atoms with Gasteiger partial charge in [-0.3, -0.25) is 14.1 Å². The zero-order valence-corrected chi connectivity index (χ0v) is 16.1. The molecule has 2 aromatic heterocycles. The summed E-state index contributed by atoms with van der Waals surface area (Å²) in [6, 6.07) is 10.5. The molecule has 1 aromatic carbocycles. The molecule has 0 atom stereocenters. The average molecular weight is 356 g/mol. The number of benzene rings is 1. The van der Waals surface area contributed by atoms with Gasteiger partial charge in [-0.25, -0.2) is 4.98 Å². The third-order valence-corrected chi connectivity index (χ3v) is 5.46. The van der Waals surface area contributed by atoms with E-state index in [4.69, 9.17) is 0 Å². The summed E-state index contributed by atoms with van der Waals surface area (Å²) in [5, 5.41) is 1.97. The van der Waals surface area contributed by atoms with Gasteiger partial charge in [-0.15, -0.1) is 11.3 Å². The Balaban J connectivity index is 1.77. The fourth-order valence-electron chi connectivity index (χ4n) is 2.96. The van der Waals surface area contributed by atoms with Crippen LogP contribution in [0, 0.1) is 6.92 Å². The molecule has 0 unspecified atom stereocenters. The SMILES string of the molecule is CCN(Cc1ccc(C(C)C)cc1)Cc1cc(=O)n2c(C)csc2n1. The molecule has 0 fully saturated rings. The maximum absolute atomic E-state index is 12.3. The van der Waals surface area contributed by atoms with Crippen LogP contribution in [0.1, 0.15) is 49.2 Å². The Morgan fingerprint density at radius 1 is 1.20 bits per heavy atom. The number of aryl methyl sites for hydroxylation is 1. The first kappa shape index (κ1) is 17.8. The van der Waals surface area contributed by atoms with Crippen LogP contribution in [0.2, 0.25) is 0 Å². The van der Waals surface area contributed by atoms with Crippen molar-refractivity contribution in [3.63, 3.8) is 0 Å². The van der Waals surface area contributed by atoms with E-state index in [2.05, 4.69) is 54.9 Å². The Morgan fingerprint density at radius 2 is 1.92 bits per heavy atom. The minimum atomic E-state index is 0.0103.